The minimum atomic E-state index is -4.15. The van der Waals surface area contributed by atoms with Gasteiger partial charge in [0.15, 0.2) is 4.90 Å². The molecule has 0 bridgehead atoms. The number of sulfonamides is 1. The number of benzene rings is 1. The van der Waals surface area contributed by atoms with Gasteiger partial charge >= 0.3 is 5.69 Å². The first kappa shape index (κ1) is 14.8. The molecule has 0 aromatic heterocycles. The van der Waals surface area contributed by atoms with Crippen molar-refractivity contribution in [1.82, 2.24) is 4.31 Å². The van der Waals surface area contributed by atoms with Crippen molar-refractivity contribution in [2.24, 2.45) is 5.73 Å². The third-order valence-electron chi connectivity index (χ3n) is 3.48. The van der Waals surface area contributed by atoms with E-state index >= 15 is 0 Å². The highest BCUT2D eigenvalue weighted by Gasteiger charge is 2.41. The van der Waals surface area contributed by atoms with Gasteiger partial charge in [0.05, 0.1) is 4.92 Å². The quantitative estimate of drug-likeness (QED) is 0.658. The lowest BCUT2D eigenvalue weighted by atomic mass is 10.2. The van der Waals surface area contributed by atoms with Gasteiger partial charge in [0.2, 0.25) is 15.8 Å². The SMILES string of the molecule is CC1C(N)CCN1S(=O)(=O)c1cccc(F)c1[N+](=O)[O-]. The molecule has 1 aromatic rings. The Morgan fingerprint density at radius 1 is 1.50 bits per heavy atom. The second-order valence-electron chi connectivity index (χ2n) is 4.65. The van der Waals surface area contributed by atoms with Gasteiger partial charge < -0.3 is 5.73 Å². The Morgan fingerprint density at radius 2 is 2.15 bits per heavy atom. The molecule has 7 nitrogen and oxygen atoms in total. The first-order valence-electron chi connectivity index (χ1n) is 5.97. The van der Waals surface area contributed by atoms with E-state index in [-0.39, 0.29) is 12.6 Å². The molecule has 0 saturated carbocycles. The fraction of sp³-hybridized carbons (Fsp3) is 0.455. The smallest absolute Gasteiger partial charge is 0.324 e. The maximum absolute atomic E-state index is 13.5. The van der Waals surface area contributed by atoms with Crippen LogP contribution in [0.15, 0.2) is 23.1 Å². The highest BCUT2D eigenvalue weighted by atomic mass is 32.2. The third kappa shape index (κ3) is 2.28. The van der Waals surface area contributed by atoms with Gasteiger partial charge in [-0.2, -0.15) is 8.70 Å². The summed E-state index contributed by atoms with van der Waals surface area (Å²) in [4.78, 5) is 9.25. The van der Waals surface area contributed by atoms with Crippen LogP contribution in [0.1, 0.15) is 13.3 Å². The summed E-state index contributed by atoms with van der Waals surface area (Å²) in [5, 5.41) is 10.9. The zero-order valence-electron chi connectivity index (χ0n) is 10.7. The molecule has 0 aliphatic carbocycles. The fourth-order valence-electron chi connectivity index (χ4n) is 2.28. The predicted octanol–water partition coefficient (Wildman–Crippen LogP) is 0.844. The molecule has 2 atom stereocenters. The molecular formula is C11H14FN3O4S. The molecule has 20 heavy (non-hydrogen) atoms. The number of hydrogen-bond donors (Lipinski definition) is 1. The average Bonchev–Trinajstić information content (AvgIpc) is 2.69. The average molecular weight is 303 g/mol. The summed E-state index contributed by atoms with van der Waals surface area (Å²) in [6.07, 6.45) is 0.462. The number of nitrogens with zero attached hydrogens (tertiary/aromatic N) is 2. The second kappa shape index (κ2) is 5.08. The number of para-hydroxylation sites is 1. The van der Waals surface area contributed by atoms with Crippen LogP contribution in [0.3, 0.4) is 0 Å². The molecule has 110 valence electrons. The minimum absolute atomic E-state index is 0.165. The lowest BCUT2D eigenvalue weighted by Crippen LogP contribution is -2.40. The Morgan fingerprint density at radius 3 is 2.65 bits per heavy atom. The van der Waals surface area contributed by atoms with E-state index < -0.39 is 37.4 Å². The van der Waals surface area contributed by atoms with Crippen LogP contribution in [0, 0.1) is 15.9 Å². The molecule has 1 saturated heterocycles. The van der Waals surface area contributed by atoms with Crippen molar-refractivity contribution in [3.05, 3.63) is 34.1 Å². The zero-order chi connectivity index (χ0) is 15.1. The zero-order valence-corrected chi connectivity index (χ0v) is 11.5. The van der Waals surface area contributed by atoms with Crippen LogP contribution in [0.25, 0.3) is 0 Å². The predicted molar refractivity (Wildman–Crippen MR) is 69.0 cm³/mol. The Hall–Kier alpha value is -1.58. The summed E-state index contributed by atoms with van der Waals surface area (Å²) < 4.78 is 39.6. The molecule has 1 fully saturated rings. The fourth-order valence-corrected chi connectivity index (χ4v) is 4.14. The number of nitrogens with two attached hydrogens (primary N) is 1. The summed E-state index contributed by atoms with van der Waals surface area (Å²) in [6, 6.07) is 2.21. The van der Waals surface area contributed by atoms with Gasteiger partial charge in [0.1, 0.15) is 0 Å². The largest absolute Gasteiger partial charge is 0.326 e. The first-order chi connectivity index (χ1) is 9.26. The van der Waals surface area contributed by atoms with Crippen LogP contribution < -0.4 is 5.73 Å². The van der Waals surface area contributed by atoms with Crippen molar-refractivity contribution in [3.63, 3.8) is 0 Å². The minimum Gasteiger partial charge on any atom is -0.326 e. The van der Waals surface area contributed by atoms with Crippen molar-refractivity contribution in [3.8, 4) is 0 Å². The maximum atomic E-state index is 13.5. The molecule has 1 aliphatic rings. The summed E-state index contributed by atoms with van der Waals surface area (Å²) in [5.74, 6) is -1.17. The normalized spacial score (nSPS) is 23.9. The van der Waals surface area contributed by atoms with E-state index in [4.69, 9.17) is 5.73 Å². The van der Waals surface area contributed by atoms with Gasteiger partial charge in [0, 0.05) is 18.6 Å². The number of rotatable bonds is 3. The van der Waals surface area contributed by atoms with Crippen LogP contribution in [0.4, 0.5) is 10.1 Å². The van der Waals surface area contributed by atoms with Crippen LogP contribution in [0.5, 0.6) is 0 Å². The lowest BCUT2D eigenvalue weighted by molar-refractivity contribution is -0.390. The van der Waals surface area contributed by atoms with Gasteiger partial charge in [-0.05, 0) is 25.5 Å². The highest BCUT2D eigenvalue weighted by Crippen LogP contribution is 2.32. The Labute approximate surface area is 115 Å². The lowest BCUT2D eigenvalue weighted by Gasteiger charge is -2.22. The number of nitro groups is 1. The van der Waals surface area contributed by atoms with Crippen molar-refractivity contribution in [1.29, 1.82) is 0 Å². The first-order valence-corrected chi connectivity index (χ1v) is 7.41. The van der Waals surface area contributed by atoms with E-state index in [2.05, 4.69) is 0 Å². The molecule has 1 aromatic carbocycles. The standard InChI is InChI=1S/C11H14FN3O4S/c1-7-9(13)5-6-14(7)20(18,19)10-4-2-3-8(12)11(10)15(16)17/h2-4,7,9H,5-6,13H2,1H3. The van der Waals surface area contributed by atoms with Crippen molar-refractivity contribution < 1.29 is 17.7 Å². The van der Waals surface area contributed by atoms with Gasteiger partial charge in [-0.25, -0.2) is 8.42 Å². The van der Waals surface area contributed by atoms with Crippen LogP contribution in [-0.2, 0) is 10.0 Å². The van der Waals surface area contributed by atoms with E-state index in [0.717, 1.165) is 22.5 Å². The Bertz CT molecular complexity index is 649. The Kier molecular flexibility index (Phi) is 3.76. The van der Waals surface area contributed by atoms with E-state index in [1.54, 1.807) is 6.92 Å². The van der Waals surface area contributed by atoms with Crippen LogP contribution >= 0.6 is 0 Å². The third-order valence-corrected chi connectivity index (χ3v) is 5.49. The van der Waals surface area contributed by atoms with Gasteiger partial charge in [-0.15, -0.1) is 0 Å². The molecule has 0 amide bonds. The number of nitro benzene ring substituents is 1. The van der Waals surface area contributed by atoms with Gasteiger partial charge in [0.25, 0.3) is 0 Å². The topological polar surface area (TPSA) is 107 Å². The summed E-state index contributed by atoms with van der Waals surface area (Å²) in [6.45, 7) is 1.79. The highest BCUT2D eigenvalue weighted by molar-refractivity contribution is 7.89. The van der Waals surface area contributed by atoms with Crippen molar-refractivity contribution in [2.45, 2.75) is 30.3 Å². The molecular weight excluding hydrogens is 289 g/mol. The molecule has 9 heteroatoms. The Balaban J connectivity index is 2.56. The molecule has 0 spiro atoms. The van der Waals surface area contributed by atoms with Gasteiger partial charge in [-0.1, -0.05) is 6.07 Å². The van der Waals surface area contributed by atoms with Crippen LogP contribution in [0.2, 0.25) is 0 Å². The van der Waals surface area contributed by atoms with Gasteiger partial charge in [-0.3, -0.25) is 10.1 Å². The maximum Gasteiger partial charge on any atom is 0.324 e. The molecule has 1 aliphatic heterocycles. The molecule has 2 rings (SSSR count). The summed E-state index contributed by atoms with van der Waals surface area (Å²) in [5.41, 5.74) is 4.73. The summed E-state index contributed by atoms with van der Waals surface area (Å²) >= 11 is 0. The summed E-state index contributed by atoms with van der Waals surface area (Å²) in [7, 11) is -4.15. The van der Waals surface area contributed by atoms with E-state index in [9.17, 15) is 22.9 Å². The van der Waals surface area contributed by atoms with E-state index in [1.807, 2.05) is 0 Å². The molecule has 0 radical (unpaired) electrons. The van der Waals surface area contributed by atoms with Crippen LogP contribution in [-0.4, -0.2) is 36.3 Å². The van der Waals surface area contributed by atoms with Crippen molar-refractivity contribution >= 4 is 15.7 Å². The number of hydrogen-bond acceptors (Lipinski definition) is 5. The monoisotopic (exact) mass is 303 g/mol. The number of halogens is 1. The molecule has 1 heterocycles. The van der Waals surface area contributed by atoms with E-state index in [0.29, 0.717) is 6.42 Å². The molecule has 2 unspecified atom stereocenters. The molecule has 2 N–H and O–H groups in total. The second-order valence-corrected chi connectivity index (χ2v) is 6.51. The van der Waals surface area contributed by atoms with Crippen molar-refractivity contribution in [2.75, 3.05) is 6.54 Å². The van der Waals surface area contributed by atoms with E-state index in [1.165, 1.54) is 0 Å².